The van der Waals surface area contributed by atoms with Gasteiger partial charge >= 0.3 is 0 Å². The summed E-state index contributed by atoms with van der Waals surface area (Å²) in [5, 5.41) is 6.51. The number of aromatic nitrogens is 4. The molecule has 0 spiro atoms. The molecule has 3 N–H and O–H groups in total. The maximum Gasteiger partial charge on any atom is 0.226 e. The van der Waals surface area contributed by atoms with Gasteiger partial charge in [0, 0.05) is 13.1 Å². The molecule has 1 fully saturated rings. The van der Waals surface area contributed by atoms with Crippen LogP contribution in [0.3, 0.4) is 0 Å². The molecule has 0 atom stereocenters. The van der Waals surface area contributed by atoms with Crippen molar-refractivity contribution in [1.29, 1.82) is 0 Å². The van der Waals surface area contributed by atoms with E-state index in [1.807, 2.05) is 6.92 Å². The first kappa shape index (κ1) is 11.3. The van der Waals surface area contributed by atoms with Gasteiger partial charge in [-0.1, -0.05) is 12.8 Å². The van der Waals surface area contributed by atoms with Gasteiger partial charge in [-0.2, -0.15) is 9.97 Å². The molecule has 0 radical (unpaired) electrons. The highest BCUT2D eigenvalue weighted by atomic mass is 15.2. The molecular formula is C12H18N6. The van der Waals surface area contributed by atoms with E-state index in [1.165, 1.54) is 19.3 Å². The highest BCUT2D eigenvalue weighted by Gasteiger charge is 2.20. The minimum absolute atomic E-state index is 0.631. The van der Waals surface area contributed by atoms with E-state index in [9.17, 15) is 0 Å². The van der Waals surface area contributed by atoms with Crippen LogP contribution < -0.4 is 10.6 Å². The lowest BCUT2D eigenvalue weighted by molar-refractivity contribution is 0.758. The van der Waals surface area contributed by atoms with Crippen molar-refractivity contribution in [3.05, 3.63) is 6.33 Å². The Bertz CT molecular complexity index is 530. The molecule has 96 valence electrons. The summed E-state index contributed by atoms with van der Waals surface area (Å²) in [6, 6.07) is 0. The fourth-order valence-electron chi connectivity index (χ4n) is 2.00. The molecule has 6 heteroatoms. The molecule has 18 heavy (non-hydrogen) atoms. The molecule has 1 aliphatic rings. The number of hydrogen-bond acceptors (Lipinski definition) is 5. The van der Waals surface area contributed by atoms with Crippen LogP contribution in [0.2, 0.25) is 0 Å². The van der Waals surface area contributed by atoms with Gasteiger partial charge in [-0.25, -0.2) is 4.98 Å². The lowest BCUT2D eigenvalue weighted by Gasteiger charge is -2.08. The average Bonchev–Trinajstić information content (AvgIpc) is 3.05. The second-order valence-electron chi connectivity index (χ2n) is 4.69. The number of nitrogens with zero attached hydrogens (tertiary/aromatic N) is 3. The van der Waals surface area contributed by atoms with E-state index >= 15 is 0 Å². The Balaban J connectivity index is 1.79. The zero-order valence-electron chi connectivity index (χ0n) is 10.5. The summed E-state index contributed by atoms with van der Waals surface area (Å²) in [4.78, 5) is 16.1. The zero-order valence-corrected chi connectivity index (χ0v) is 10.5. The molecule has 6 nitrogen and oxygen atoms in total. The van der Waals surface area contributed by atoms with Crippen molar-refractivity contribution < 1.29 is 0 Å². The number of anilines is 2. The van der Waals surface area contributed by atoms with Crippen molar-refractivity contribution in [3.8, 4) is 0 Å². The lowest BCUT2D eigenvalue weighted by atomic mass is 10.3. The molecule has 0 aromatic carbocycles. The van der Waals surface area contributed by atoms with E-state index in [2.05, 4.69) is 30.6 Å². The fourth-order valence-corrected chi connectivity index (χ4v) is 2.00. The van der Waals surface area contributed by atoms with Crippen molar-refractivity contribution in [3.63, 3.8) is 0 Å². The van der Waals surface area contributed by atoms with Crippen LogP contribution in [0, 0.1) is 5.92 Å². The van der Waals surface area contributed by atoms with Crippen LogP contribution in [0.5, 0.6) is 0 Å². The molecule has 1 saturated carbocycles. The Hall–Kier alpha value is -1.85. The van der Waals surface area contributed by atoms with Crippen LogP contribution in [0.1, 0.15) is 26.2 Å². The first-order valence-electron chi connectivity index (χ1n) is 6.55. The maximum absolute atomic E-state index is 4.48. The fraction of sp³-hybridized carbons (Fsp3) is 0.583. The SMILES string of the molecule is CCNc1nc(NCCC2CC2)c2[nH]cnc2n1. The normalized spacial score (nSPS) is 14.9. The van der Waals surface area contributed by atoms with Gasteiger partial charge in [-0.15, -0.1) is 0 Å². The average molecular weight is 246 g/mol. The van der Waals surface area contributed by atoms with E-state index in [4.69, 9.17) is 0 Å². The molecule has 0 amide bonds. The largest absolute Gasteiger partial charge is 0.368 e. The van der Waals surface area contributed by atoms with E-state index in [0.29, 0.717) is 11.6 Å². The summed E-state index contributed by atoms with van der Waals surface area (Å²) in [7, 11) is 0. The summed E-state index contributed by atoms with van der Waals surface area (Å²) in [6.07, 6.45) is 5.64. The Morgan fingerprint density at radius 1 is 1.33 bits per heavy atom. The molecule has 3 rings (SSSR count). The Labute approximate surface area is 106 Å². The van der Waals surface area contributed by atoms with Gasteiger partial charge in [0.15, 0.2) is 11.5 Å². The Morgan fingerprint density at radius 3 is 3.00 bits per heavy atom. The minimum Gasteiger partial charge on any atom is -0.368 e. The highest BCUT2D eigenvalue weighted by molar-refractivity contribution is 5.83. The second kappa shape index (κ2) is 4.80. The topological polar surface area (TPSA) is 78.5 Å². The number of hydrogen-bond donors (Lipinski definition) is 3. The summed E-state index contributed by atoms with van der Waals surface area (Å²) >= 11 is 0. The molecule has 2 aromatic heterocycles. The molecule has 2 heterocycles. The molecule has 2 aromatic rings. The van der Waals surface area contributed by atoms with E-state index in [1.54, 1.807) is 6.33 Å². The number of rotatable bonds is 6. The summed E-state index contributed by atoms with van der Waals surface area (Å²) in [5.41, 5.74) is 1.59. The summed E-state index contributed by atoms with van der Waals surface area (Å²) in [6.45, 7) is 3.79. The van der Waals surface area contributed by atoms with Crippen molar-refractivity contribution in [2.75, 3.05) is 23.7 Å². The van der Waals surface area contributed by atoms with Gasteiger partial charge in [0.2, 0.25) is 5.95 Å². The predicted octanol–water partition coefficient (Wildman–Crippen LogP) is 2.00. The third kappa shape index (κ3) is 2.37. The van der Waals surface area contributed by atoms with Gasteiger partial charge in [0.1, 0.15) is 5.52 Å². The van der Waals surface area contributed by atoms with Gasteiger partial charge in [0.25, 0.3) is 0 Å². The number of H-pyrrole nitrogens is 1. The Morgan fingerprint density at radius 2 is 2.22 bits per heavy atom. The molecular weight excluding hydrogens is 228 g/mol. The highest BCUT2D eigenvalue weighted by Crippen LogP contribution is 2.32. The van der Waals surface area contributed by atoms with Gasteiger partial charge < -0.3 is 15.6 Å². The van der Waals surface area contributed by atoms with Crippen LogP contribution >= 0.6 is 0 Å². The van der Waals surface area contributed by atoms with Crippen molar-refractivity contribution in [2.45, 2.75) is 26.2 Å². The van der Waals surface area contributed by atoms with Crippen LogP contribution in [0.15, 0.2) is 6.33 Å². The number of aromatic amines is 1. The molecule has 0 aliphatic heterocycles. The van der Waals surface area contributed by atoms with E-state index in [-0.39, 0.29) is 0 Å². The standard InChI is InChI=1S/C12H18N6/c1-2-13-12-17-10(14-6-5-8-3-4-8)9-11(18-12)16-7-15-9/h7-8H,2-6H2,1H3,(H3,13,14,15,16,17,18). The molecule has 0 unspecified atom stereocenters. The van der Waals surface area contributed by atoms with Crippen LogP contribution in [-0.4, -0.2) is 33.0 Å². The number of nitrogens with one attached hydrogen (secondary N) is 3. The molecule has 0 saturated heterocycles. The third-order valence-corrected chi connectivity index (χ3v) is 3.16. The second-order valence-corrected chi connectivity index (χ2v) is 4.69. The number of fused-ring (bicyclic) bond motifs is 1. The van der Waals surface area contributed by atoms with Gasteiger partial charge in [0.05, 0.1) is 6.33 Å². The first-order valence-corrected chi connectivity index (χ1v) is 6.55. The van der Waals surface area contributed by atoms with Crippen LogP contribution in [0.4, 0.5) is 11.8 Å². The number of imidazole rings is 1. The first-order chi connectivity index (χ1) is 8.86. The van der Waals surface area contributed by atoms with Crippen molar-refractivity contribution in [1.82, 2.24) is 19.9 Å². The van der Waals surface area contributed by atoms with E-state index < -0.39 is 0 Å². The van der Waals surface area contributed by atoms with E-state index in [0.717, 1.165) is 30.3 Å². The van der Waals surface area contributed by atoms with Crippen LogP contribution in [-0.2, 0) is 0 Å². The smallest absolute Gasteiger partial charge is 0.226 e. The third-order valence-electron chi connectivity index (χ3n) is 3.16. The Kier molecular flexibility index (Phi) is 3.00. The van der Waals surface area contributed by atoms with Gasteiger partial charge in [-0.05, 0) is 19.3 Å². The predicted molar refractivity (Wildman–Crippen MR) is 71.7 cm³/mol. The van der Waals surface area contributed by atoms with Gasteiger partial charge in [-0.3, -0.25) is 0 Å². The zero-order chi connectivity index (χ0) is 12.4. The van der Waals surface area contributed by atoms with Crippen molar-refractivity contribution >= 4 is 22.9 Å². The maximum atomic E-state index is 4.48. The minimum atomic E-state index is 0.631. The molecule has 0 bridgehead atoms. The molecule has 1 aliphatic carbocycles. The lowest BCUT2D eigenvalue weighted by Crippen LogP contribution is -2.08. The van der Waals surface area contributed by atoms with Crippen LogP contribution in [0.25, 0.3) is 11.2 Å². The van der Waals surface area contributed by atoms with Crippen molar-refractivity contribution in [2.24, 2.45) is 5.92 Å². The monoisotopic (exact) mass is 246 g/mol. The summed E-state index contributed by atoms with van der Waals surface area (Å²) in [5.74, 6) is 2.39. The quantitative estimate of drug-likeness (QED) is 0.726. The summed E-state index contributed by atoms with van der Waals surface area (Å²) < 4.78 is 0.